The molecule has 0 unspecified atom stereocenters. The Morgan fingerprint density at radius 3 is 2.60 bits per heavy atom. The molecule has 0 radical (unpaired) electrons. The SMILES string of the molecule is C=CCn1c(=O)c2cnc(Nc3ccc(N4CCN(C)CC4)cc3)nc2n1-c1ccc2c(n1)[C@](O)(CC)CCC2. The molecule has 1 aliphatic carbocycles. The molecule has 40 heavy (non-hydrogen) atoms. The summed E-state index contributed by atoms with van der Waals surface area (Å²) in [6.45, 7) is 10.2. The predicted molar refractivity (Wildman–Crippen MR) is 158 cm³/mol. The molecule has 0 amide bonds. The monoisotopic (exact) mass is 540 g/mol. The minimum atomic E-state index is -0.978. The number of likely N-dealkylation sites (N-methyl/N-ethyl adjacent to an activating group) is 1. The van der Waals surface area contributed by atoms with Crippen molar-refractivity contribution in [2.75, 3.05) is 43.4 Å². The maximum Gasteiger partial charge on any atom is 0.278 e. The highest BCUT2D eigenvalue weighted by Gasteiger charge is 2.35. The van der Waals surface area contributed by atoms with Gasteiger partial charge in [0.25, 0.3) is 5.56 Å². The second kappa shape index (κ2) is 10.5. The normalized spacial score (nSPS) is 19.5. The summed E-state index contributed by atoms with van der Waals surface area (Å²) in [5.41, 5.74) is 3.03. The number of nitrogens with one attached hydrogen (secondary N) is 1. The Labute approximate surface area is 233 Å². The molecule has 0 saturated carbocycles. The number of anilines is 3. The maximum absolute atomic E-state index is 13.4. The molecular weight excluding hydrogens is 504 g/mol. The van der Waals surface area contributed by atoms with Crippen molar-refractivity contribution in [3.63, 3.8) is 0 Å². The van der Waals surface area contributed by atoms with Crippen molar-refractivity contribution >= 4 is 28.4 Å². The predicted octanol–water partition coefficient (Wildman–Crippen LogP) is 3.59. The number of pyridine rings is 1. The van der Waals surface area contributed by atoms with E-state index < -0.39 is 5.60 Å². The minimum Gasteiger partial charge on any atom is -0.384 e. The lowest BCUT2D eigenvalue weighted by Gasteiger charge is -2.34. The van der Waals surface area contributed by atoms with Crippen molar-refractivity contribution < 1.29 is 5.11 Å². The Hall–Kier alpha value is -4.02. The molecule has 2 aliphatic rings. The number of aliphatic hydroxyl groups is 1. The third-order valence-corrected chi connectivity index (χ3v) is 8.21. The fourth-order valence-corrected chi connectivity index (χ4v) is 5.79. The number of benzene rings is 1. The van der Waals surface area contributed by atoms with Gasteiger partial charge in [-0.3, -0.25) is 4.79 Å². The van der Waals surface area contributed by atoms with E-state index in [0.717, 1.165) is 50.3 Å². The van der Waals surface area contributed by atoms with Gasteiger partial charge in [-0.15, -0.1) is 6.58 Å². The lowest BCUT2D eigenvalue weighted by molar-refractivity contribution is 0.0103. The molecule has 3 aromatic heterocycles. The summed E-state index contributed by atoms with van der Waals surface area (Å²) in [5, 5.41) is 15.0. The summed E-state index contributed by atoms with van der Waals surface area (Å²) in [4.78, 5) is 32.2. The van der Waals surface area contributed by atoms with Crippen LogP contribution in [0.25, 0.3) is 16.9 Å². The first-order valence-corrected chi connectivity index (χ1v) is 14.0. The number of nitrogens with zero attached hydrogens (tertiary/aromatic N) is 7. The number of hydrogen-bond acceptors (Lipinski definition) is 8. The van der Waals surface area contributed by atoms with Crippen LogP contribution < -0.4 is 15.8 Å². The molecule has 1 fully saturated rings. The summed E-state index contributed by atoms with van der Waals surface area (Å²) in [6, 6.07) is 12.2. The molecule has 1 atom stereocenters. The van der Waals surface area contributed by atoms with E-state index in [1.165, 1.54) is 5.69 Å². The average molecular weight is 541 g/mol. The summed E-state index contributed by atoms with van der Waals surface area (Å²) < 4.78 is 3.27. The van der Waals surface area contributed by atoms with Crippen molar-refractivity contribution in [3.05, 3.63) is 76.9 Å². The van der Waals surface area contributed by atoms with Crippen LogP contribution in [-0.2, 0) is 18.6 Å². The lowest BCUT2D eigenvalue weighted by Crippen LogP contribution is -2.44. The molecule has 208 valence electrons. The van der Waals surface area contributed by atoms with E-state index >= 15 is 0 Å². The average Bonchev–Trinajstić information content (AvgIpc) is 3.24. The van der Waals surface area contributed by atoms with Crippen molar-refractivity contribution in [2.45, 2.75) is 44.8 Å². The number of fused-ring (bicyclic) bond motifs is 2. The topological polar surface area (TPSA) is 104 Å². The molecule has 0 spiro atoms. The van der Waals surface area contributed by atoms with Gasteiger partial charge in [-0.25, -0.2) is 19.3 Å². The zero-order chi connectivity index (χ0) is 27.9. The van der Waals surface area contributed by atoms with Crippen LogP contribution in [0.5, 0.6) is 0 Å². The van der Waals surface area contributed by atoms with Gasteiger partial charge in [-0.2, -0.15) is 4.98 Å². The molecule has 2 N–H and O–H groups in total. The van der Waals surface area contributed by atoms with Crippen molar-refractivity contribution in [1.82, 2.24) is 29.2 Å². The second-order valence-corrected chi connectivity index (χ2v) is 10.8. The summed E-state index contributed by atoms with van der Waals surface area (Å²) in [5.74, 6) is 0.912. The minimum absolute atomic E-state index is 0.219. The largest absolute Gasteiger partial charge is 0.384 e. The van der Waals surface area contributed by atoms with E-state index in [9.17, 15) is 9.90 Å². The summed E-state index contributed by atoms with van der Waals surface area (Å²) in [6.07, 6.45) is 6.27. The quantitative estimate of drug-likeness (QED) is 0.343. The first-order chi connectivity index (χ1) is 19.4. The molecule has 1 aromatic carbocycles. The molecule has 4 aromatic rings. The molecule has 1 aliphatic heterocycles. The smallest absolute Gasteiger partial charge is 0.278 e. The molecule has 10 heteroatoms. The van der Waals surface area contributed by atoms with Crippen LogP contribution in [0, 0.1) is 0 Å². The third-order valence-electron chi connectivity index (χ3n) is 8.21. The van der Waals surface area contributed by atoms with Crippen LogP contribution >= 0.6 is 0 Å². The Morgan fingerprint density at radius 2 is 1.88 bits per heavy atom. The Kier molecular flexibility index (Phi) is 6.89. The van der Waals surface area contributed by atoms with Gasteiger partial charge in [0.15, 0.2) is 11.5 Å². The lowest BCUT2D eigenvalue weighted by atomic mass is 9.81. The Bertz CT molecular complexity index is 1600. The van der Waals surface area contributed by atoms with Gasteiger partial charge in [0.05, 0.1) is 12.2 Å². The molecule has 10 nitrogen and oxygen atoms in total. The number of hydrogen-bond donors (Lipinski definition) is 2. The van der Waals surface area contributed by atoms with E-state index in [0.29, 0.717) is 41.3 Å². The van der Waals surface area contributed by atoms with Crippen LogP contribution in [0.1, 0.15) is 37.4 Å². The molecular formula is C30H36N8O2. The van der Waals surface area contributed by atoms with Gasteiger partial charge in [-0.05, 0) is 68.6 Å². The van der Waals surface area contributed by atoms with Crippen LogP contribution in [0.2, 0.25) is 0 Å². The summed E-state index contributed by atoms with van der Waals surface area (Å²) in [7, 11) is 2.15. The van der Waals surface area contributed by atoms with Crippen molar-refractivity contribution in [1.29, 1.82) is 0 Å². The molecule has 0 bridgehead atoms. The highest BCUT2D eigenvalue weighted by Crippen LogP contribution is 2.37. The van der Waals surface area contributed by atoms with E-state index in [-0.39, 0.29) is 12.1 Å². The van der Waals surface area contributed by atoms with Crippen LogP contribution in [-0.4, -0.2) is 67.5 Å². The van der Waals surface area contributed by atoms with Gasteiger partial charge >= 0.3 is 0 Å². The van der Waals surface area contributed by atoms with Crippen molar-refractivity contribution in [3.8, 4) is 5.82 Å². The van der Waals surface area contributed by atoms with E-state index in [1.54, 1.807) is 21.6 Å². The highest BCUT2D eigenvalue weighted by atomic mass is 16.3. The third kappa shape index (κ3) is 4.67. The summed E-state index contributed by atoms with van der Waals surface area (Å²) >= 11 is 0. The highest BCUT2D eigenvalue weighted by molar-refractivity contribution is 5.77. The van der Waals surface area contributed by atoms with Crippen LogP contribution in [0.4, 0.5) is 17.3 Å². The molecule has 6 rings (SSSR count). The van der Waals surface area contributed by atoms with E-state index in [2.05, 4.69) is 45.9 Å². The van der Waals surface area contributed by atoms with Crippen molar-refractivity contribution in [2.24, 2.45) is 0 Å². The van der Waals surface area contributed by atoms with E-state index in [1.807, 2.05) is 31.2 Å². The van der Waals surface area contributed by atoms with Gasteiger partial charge in [-0.1, -0.05) is 19.1 Å². The number of rotatable bonds is 7. The van der Waals surface area contributed by atoms with Gasteiger partial charge in [0, 0.05) is 43.8 Å². The van der Waals surface area contributed by atoms with Gasteiger partial charge in [0.2, 0.25) is 5.95 Å². The van der Waals surface area contributed by atoms with E-state index in [4.69, 9.17) is 9.97 Å². The molecule has 4 heterocycles. The first-order valence-electron chi connectivity index (χ1n) is 14.0. The molecule has 1 saturated heterocycles. The zero-order valence-corrected chi connectivity index (χ0v) is 23.2. The maximum atomic E-state index is 13.4. The number of aromatic nitrogens is 5. The van der Waals surface area contributed by atoms with Crippen LogP contribution in [0.3, 0.4) is 0 Å². The second-order valence-electron chi connectivity index (χ2n) is 10.8. The number of allylic oxidation sites excluding steroid dienone is 1. The number of piperazine rings is 1. The zero-order valence-electron chi connectivity index (χ0n) is 23.2. The van der Waals surface area contributed by atoms with Gasteiger partial charge < -0.3 is 20.2 Å². The van der Waals surface area contributed by atoms with Gasteiger partial charge in [0.1, 0.15) is 11.0 Å². The number of aryl methyl sites for hydroxylation is 1. The van der Waals surface area contributed by atoms with Crippen LogP contribution in [0.15, 0.2) is 60.0 Å². The Balaban J connectivity index is 1.37. The fourth-order valence-electron chi connectivity index (χ4n) is 5.79. The fraction of sp³-hybridized carbons (Fsp3) is 0.400. The first kappa shape index (κ1) is 26.2. The Morgan fingerprint density at radius 1 is 1.10 bits per heavy atom. The standard InChI is InChI=1S/C30H36N8O2/c1-4-15-37-28(39)24-20-31-29(32-22-9-11-23(12-10-22)36-18-16-35(3)17-19-36)34-27(24)38(37)25-13-8-21-7-6-14-30(40,5-2)26(21)33-25/h4,8-13,20,40H,1,5-7,14-19H2,2-3H3,(H,31,32,34)/t30-/m0/s1.